The van der Waals surface area contributed by atoms with Crippen LogP contribution in [0.25, 0.3) is 0 Å². The van der Waals surface area contributed by atoms with E-state index in [0.29, 0.717) is 23.1 Å². The van der Waals surface area contributed by atoms with E-state index in [4.69, 9.17) is 32.7 Å². The summed E-state index contributed by atoms with van der Waals surface area (Å²) < 4.78 is 10.4. The van der Waals surface area contributed by atoms with Crippen LogP contribution >= 0.6 is 23.2 Å². The molecule has 0 spiro atoms. The molecule has 2 rings (SSSR count). The van der Waals surface area contributed by atoms with E-state index >= 15 is 0 Å². The minimum Gasteiger partial charge on any atom is -0.466 e. The molecule has 2 atom stereocenters. The minimum absolute atomic E-state index is 0.0712. The first-order valence-corrected chi connectivity index (χ1v) is 10.8. The number of amides is 1. The number of esters is 1. The lowest BCUT2D eigenvalue weighted by Crippen LogP contribution is -2.40. The van der Waals surface area contributed by atoms with Gasteiger partial charge in [-0.05, 0) is 64.3 Å². The van der Waals surface area contributed by atoms with E-state index in [2.05, 4.69) is 17.5 Å². The van der Waals surface area contributed by atoms with Crippen molar-refractivity contribution >= 4 is 35.3 Å². The van der Waals surface area contributed by atoms with Crippen LogP contribution in [0, 0.1) is 0 Å². The number of hydrogen-bond acceptors (Lipinski definition) is 4. The molecule has 1 amide bonds. The number of carbonyl (C=O) groups excluding carboxylic acids is 2. The molecule has 0 fully saturated rings. The van der Waals surface area contributed by atoms with Crippen LogP contribution in [0.4, 0.5) is 4.79 Å². The second-order valence-electron chi connectivity index (χ2n) is 8.20. The van der Waals surface area contributed by atoms with Gasteiger partial charge in [0, 0.05) is 22.0 Å². The SMILES string of the molecule is CCOC(=O)C[C@@H](CC1=CCC(c2cc(Cl)ccc2Cl)C=C1)NC(=O)OC(C)(C)C. The Kier molecular flexibility index (Phi) is 8.80. The fraction of sp³-hybridized carbons (Fsp3) is 0.478. The minimum atomic E-state index is -0.619. The molecule has 0 bridgehead atoms. The fourth-order valence-electron chi connectivity index (χ4n) is 3.20. The molecule has 5 nitrogen and oxygen atoms in total. The quantitative estimate of drug-likeness (QED) is 0.499. The van der Waals surface area contributed by atoms with Gasteiger partial charge in [0.05, 0.1) is 13.0 Å². The summed E-state index contributed by atoms with van der Waals surface area (Å²) in [5.74, 6) is -0.232. The lowest BCUT2D eigenvalue weighted by atomic mass is 9.88. The van der Waals surface area contributed by atoms with Crippen molar-refractivity contribution in [1.82, 2.24) is 5.32 Å². The predicted molar refractivity (Wildman–Crippen MR) is 120 cm³/mol. The van der Waals surface area contributed by atoms with Gasteiger partial charge >= 0.3 is 12.1 Å². The van der Waals surface area contributed by atoms with Crippen LogP contribution in [0.3, 0.4) is 0 Å². The molecule has 0 radical (unpaired) electrons. The molecule has 30 heavy (non-hydrogen) atoms. The normalized spacial score (nSPS) is 17.1. The molecule has 1 unspecified atom stereocenters. The summed E-state index contributed by atoms with van der Waals surface area (Å²) in [6.45, 7) is 7.42. The molecule has 0 saturated heterocycles. The summed E-state index contributed by atoms with van der Waals surface area (Å²) in [7, 11) is 0. The zero-order valence-electron chi connectivity index (χ0n) is 17.8. The van der Waals surface area contributed by atoms with Crippen molar-refractivity contribution in [3.63, 3.8) is 0 Å². The standard InChI is InChI=1S/C23H29Cl2NO4/c1-5-29-21(27)14-18(26-22(28)30-23(2,3)4)12-15-6-8-16(9-7-15)19-13-17(24)10-11-20(19)25/h6-8,10-11,13,16,18H,5,9,12,14H2,1-4H3,(H,26,28)/t16?,18-/m1/s1. The van der Waals surface area contributed by atoms with Gasteiger partial charge in [-0.2, -0.15) is 0 Å². The molecule has 0 aliphatic heterocycles. The lowest BCUT2D eigenvalue weighted by Gasteiger charge is -2.24. The van der Waals surface area contributed by atoms with Crippen molar-refractivity contribution in [1.29, 1.82) is 0 Å². The highest BCUT2D eigenvalue weighted by atomic mass is 35.5. The molecule has 0 heterocycles. The van der Waals surface area contributed by atoms with Gasteiger partial charge in [0.2, 0.25) is 0 Å². The van der Waals surface area contributed by atoms with Gasteiger partial charge in [0.1, 0.15) is 5.60 Å². The molecule has 7 heteroatoms. The summed E-state index contributed by atoms with van der Waals surface area (Å²) in [4.78, 5) is 24.2. The molecule has 164 valence electrons. The molecule has 1 N–H and O–H groups in total. The van der Waals surface area contributed by atoms with Gasteiger partial charge in [-0.1, -0.05) is 47.0 Å². The van der Waals surface area contributed by atoms with Gasteiger partial charge in [-0.25, -0.2) is 4.79 Å². The molecule has 1 aromatic rings. The topological polar surface area (TPSA) is 64.6 Å². The Labute approximate surface area is 188 Å². The molecule has 1 aliphatic rings. The zero-order chi connectivity index (χ0) is 22.3. The third kappa shape index (κ3) is 8.04. The van der Waals surface area contributed by atoms with Crippen LogP contribution in [0.5, 0.6) is 0 Å². The van der Waals surface area contributed by atoms with Crippen molar-refractivity contribution in [2.24, 2.45) is 0 Å². The van der Waals surface area contributed by atoms with Crippen molar-refractivity contribution in [2.45, 2.75) is 64.5 Å². The number of ether oxygens (including phenoxy) is 2. The Bertz CT molecular complexity index is 827. The maximum absolute atomic E-state index is 12.2. The highest BCUT2D eigenvalue weighted by Crippen LogP contribution is 2.34. The van der Waals surface area contributed by atoms with Crippen molar-refractivity contribution < 1.29 is 19.1 Å². The lowest BCUT2D eigenvalue weighted by molar-refractivity contribution is -0.143. The second-order valence-corrected chi connectivity index (χ2v) is 9.05. The second kappa shape index (κ2) is 10.9. The van der Waals surface area contributed by atoms with Gasteiger partial charge < -0.3 is 14.8 Å². The van der Waals surface area contributed by atoms with Crippen molar-refractivity contribution in [3.8, 4) is 0 Å². The van der Waals surface area contributed by atoms with E-state index in [9.17, 15) is 9.59 Å². The van der Waals surface area contributed by atoms with Gasteiger partial charge in [-0.3, -0.25) is 4.79 Å². The van der Waals surface area contributed by atoms with E-state index in [0.717, 1.165) is 17.6 Å². The number of halogens is 2. The third-order valence-electron chi connectivity index (χ3n) is 4.46. The number of carbonyl (C=O) groups is 2. The Morgan fingerprint density at radius 2 is 2.00 bits per heavy atom. The van der Waals surface area contributed by atoms with E-state index < -0.39 is 17.7 Å². The molecule has 1 aromatic carbocycles. The predicted octanol–water partition coefficient (Wildman–Crippen LogP) is 6.20. The van der Waals surface area contributed by atoms with Crippen LogP contribution in [-0.2, 0) is 14.3 Å². The van der Waals surface area contributed by atoms with E-state index in [-0.39, 0.29) is 18.3 Å². The number of nitrogens with one attached hydrogen (secondary N) is 1. The average Bonchev–Trinajstić information content (AvgIpc) is 2.63. The number of benzene rings is 1. The van der Waals surface area contributed by atoms with E-state index in [1.807, 2.05) is 12.1 Å². The largest absolute Gasteiger partial charge is 0.466 e. The first kappa shape index (κ1) is 24.3. The Morgan fingerprint density at radius 3 is 2.60 bits per heavy atom. The summed E-state index contributed by atoms with van der Waals surface area (Å²) in [5, 5.41) is 4.12. The van der Waals surface area contributed by atoms with Gasteiger partial charge in [-0.15, -0.1) is 0 Å². The summed E-state index contributed by atoms with van der Waals surface area (Å²) in [6.07, 6.45) is 6.93. The Balaban J connectivity index is 2.05. The summed E-state index contributed by atoms with van der Waals surface area (Å²) in [5.41, 5.74) is 1.38. The zero-order valence-corrected chi connectivity index (χ0v) is 19.3. The van der Waals surface area contributed by atoms with Crippen molar-refractivity contribution in [3.05, 3.63) is 57.6 Å². The molecule has 0 saturated carbocycles. The van der Waals surface area contributed by atoms with Crippen LogP contribution in [-0.4, -0.2) is 30.3 Å². The summed E-state index contributed by atoms with van der Waals surface area (Å²) >= 11 is 12.4. The number of hydrogen-bond donors (Lipinski definition) is 1. The van der Waals surface area contributed by atoms with Crippen LogP contribution < -0.4 is 5.32 Å². The van der Waals surface area contributed by atoms with E-state index in [1.54, 1.807) is 39.8 Å². The summed E-state index contributed by atoms with van der Waals surface area (Å²) in [6, 6.07) is 5.02. The number of rotatable bonds is 7. The molecular formula is C23H29Cl2NO4. The average molecular weight is 454 g/mol. The smallest absolute Gasteiger partial charge is 0.407 e. The van der Waals surface area contributed by atoms with Crippen LogP contribution in [0.1, 0.15) is 58.4 Å². The third-order valence-corrected chi connectivity index (χ3v) is 5.03. The molecular weight excluding hydrogens is 425 g/mol. The highest BCUT2D eigenvalue weighted by molar-refractivity contribution is 6.33. The van der Waals surface area contributed by atoms with E-state index in [1.165, 1.54) is 0 Å². The van der Waals surface area contributed by atoms with Crippen LogP contribution in [0.15, 0.2) is 42.0 Å². The Morgan fingerprint density at radius 1 is 1.27 bits per heavy atom. The number of allylic oxidation sites excluding steroid dienone is 3. The van der Waals surface area contributed by atoms with Crippen LogP contribution in [0.2, 0.25) is 10.0 Å². The maximum Gasteiger partial charge on any atom is 0.407 e. The van der Waals surface area contributed by atoms with Crippen molar-refractivity contribution in [2.75, 3.05) is 6.61 Å². The van der Waals surface area contributed by atoms with Gasteiger partial charge in [0.25, 0.3) is 0 Å². The Hall–Kier alpha value is -1.98. The number of alkyl carbamates (subject to hydrolysis) is 1. The molecule has 1 aliphatic carbocycles. The van der Waals surface area contributed by atoms with Gasteiger partial charge in [0.15, 0.2) is 0 Å². The highest BCUT2D eigenvalue weighted by Gasteiger charge is 2.23. The maximum atomic E-state index is 12.2. The monoisotopic (exact) mass is 453 g/mol. The molecule has 0 aromatic heterocycles. The fourth-order valence-corrected chi connectivity index (χ4v) is 3.64. The first-order chi connectivity index (χ1) is 14.1. The first-order valence-electron chi connectivity index (χ1n) is 10.0.